The van der Waals surface area contributed by atoms with Gasteiger partial charge in [-0.1, -0.05) is 11.6 Å². The molecule has 0 atom stereocenters. The van der Waals surface area contributed by atoms with Crippen molar-refractivity contribution in [2.45, 2.75) is 6.42 Å². The van der Waals surface area contributed by atoms with Crippen LogP contribution in [0.1, 0.15) is 6.42 Å². The molecule has 0 spiro atoms. The molecule has 16 heavy (non-hydrogen) atoms. The van der Waals surface area contributed by atoms with Gasteiger partial charge < -0.3 is 16.0 Å². The smallest absolute Gasteiger partial charge is 0.223 e. The molecule has 1 rings (SSSR count). The minimum atomic E-state index is 0.0335. The number of rotatable bonds is 4. The molecule has 0 bridgehead atoms. The Morgan fingerprint density at radius 3 is 2.88 bits per heavy atom. The Morgan fingerprint density at radius 1 is 1.56 bits per heavy atom. The largest absolute Gasteiger partial charge is 0.393 e. The van der Waals surface area contributed by atoms with Crippen LogP contribution in [0, 0.1) is 0 Å². The second-order valence-corrected chi connectivity index (χ2v) is 3.75. The van der Waals surface area contributed by atoms with E-state index in [2.05, 4.69) is 15.3 Å². The Bertz CT molecular complexity index is 382. The highest BCUT2D eigenvalue weighted by Gasteiger charge is 2.07. The van der Waals surface area contributed by atoms with Crippen LogP contribution in [0.4, 0.5) is 11.5 Å². The molecular formula is C9H14ClN5O. The maximum Gasteiger partial charge on any atom is 0.223 e. The van der Waals surface area contributed by atoms with Gasteiger partial charge in [-0.25, -0.2) is 9.97 Å². The van der Waals surface area contributed by atoms with Crippen molar-refractivity contribution >= 4 is 29.0 Å². The Morgan fingerprint density at radius 2 is 2.25 bits per heavy atom. The van der Waals surface area contributed by atoms with Crippen molar-refractivity contribution in [2.24, 2.45) is 0 Å². The first-order valence-electron chi connectivity index (χ1n) is 4.72. The number of anilines is 2. The number of nitrogen functional groups attached to an aromatic ring is 1. The molecule has 7 heteroatoms. The van der Waals surface area contributed by atoms with Crippen LogP contribution < -0.4 is 11.1 Å². The maximum atomic E-state index is 11.3. The minimum absolute atomic E-state index is 0.0335. The van der Waals surface area contributed by atoms with E-state index in [1.165, 1.54) is 11.2 Å². The molecule has 0 aliphatic rings. The molecule has 1 aromatic rings. The molecule has 1 heterocycles. The van der Waals surface area contributed by atoms with Crippen molar-refractivity contribution in [3.05, 3.63) is 11.5 Å². The van der Waals surface area contributed by atoms with E-state index in [0.717, 1.165) is 0 Å². The molecule has 6 nitrogen and oxygen atoms in total. The fourth-order valence-corrected chi connectivity index (χ4v) is 1.16. The zero-order valence-electron chi connectivity index (χ0n) is 9.20. The molecule has 0 saturated heterocycles. The lowest BCUT2D eigenvalue weighted by Gasteiger charge is -2.11. The molecule has 1 amide bonds. The summed E-state index contributed by atoms with van der Waals surface area (Å²) in [4.78, 5) is 20.5. The van der Waals surface area contributed by atoms with Crippen molar-refractivity contribution in [3.63, 3.8) is 0 Å². The second kappa shape index (κ2) is 5.50. The molecule has 0 saturated carbocycles. The summed E-state index contributed by atoms with van der Waals surface area (Å²) in [6.45, 7) is 0.453. The molecule has 0 fully saturated rings. The average Bonchev–Trinajstić information content (AvgIpc) is 2.24. The van der Waals surface area contributed by atoms with Gasteiger partial charge >= 0.3 is 0 Å². The molecule has 0 unspecified atom stereocenters. The molecule has 3 N–H and O–H groups in total. The highest BCUT2D eigenvalue weighted by Crippen LogP contribution is 2.21. The van der Waals surface area contributed by atoms with Crippen LogP contribution in [0.25, 0.3) is 0 Å². The number of nitrogens with two attached hydrogens (primary N) is 1. The van der Waals surface area contributed by atoms with Crippen molar-refractivity contribution in [1.29, 1.82) is 0 Å². The van der Waals surface area contributed by atoms with E-state index in [9.17, 15) is 4.79 Å². The van der Waals surface area contributed by atoms with E-state index in [1.807, 2.05) is 0 Å². The summed E-state index contributed by atoms with van der Waals surface area (Å²) < 4.78 is 0. The summed E-state index contributed by atoms with van der Waals surface area (Å²) in [6, 6.07) is 0. The molecule has 0 aliphatic heterocycles. The number of nitrogens with one attached hydrogen (secondary N) is 1. The summed E-state index contributed by atoms with van der Waals surface area (Å²) in [5.74, 6) is 0.484. The Labute approximate surface area is 98.8 Å². The SMILES string of the molecule is CN(C)C(=O)CCNc1ncnc(Cl)c1N. The maximum absolute atomic E-state index is 11.3. The van der Waals surface area contributed by atoms with Gasteiger partial charge in [0.2, 0.25) is 5.91 Å². The third-order valence-electron chi connectivity index (χ3n) is 1.97. The highest BCUT2D eigenvalue weighted by molar-refractivity contribution is 6.32. The minimum Gasteiger partial charge on any atom is -0.393 e. The molecule has 88 valence electrons. The lowest BCUT2D eigenvalue weighted by Crippen LogP contribution is -2.24. The number of nitrogens with zero attached hydrogens (tertiary/aromatic N) is 3. The number of hydrogen-bond donors (Lipinski definition) is 2. The van der Waals surface area contributed by atoms with Gasteiger partial charge in [-0.2, -0.15) is 0 Å². The lowest BCUT2D eigenvalue weighted by molar-refractivity contribution is -0.128. The quantitative estimate of drug-likeness (QED) is 0.757. The van der Waals surface area contributed by atoms with E-state index in [1.54, 1.807) is 14.1 Å². The number of halogens is 1. The average molecular weight is 244 g/mol. The van der Waals surface area contributed by atoms with E-state index in [-0.39, 0.29) is 11.1 Å². The van der Waals surface area contributed by atoms with Gasteiger partial charge in [-0.3, -0.25) is 4.79 Å². The van der Waals surface area contributed by atoms with Gasteiger partial charge in [0.05, 0.1) is 0 Å². The fourth-order valence-electron chi connectivity index (χ4n) is 1.03. The zero-order valence-corrected chi connectivity index (χ0v) is 9.95. The van der Waals surface area contributed by atoms with Crippen LogP contribution in [0.2, 0.25) is 5.15 Å². The van der Waals surface area contributed by atoms with E-state index >= 15 is 0 Å². The van der Waals surface area contributed by atoms with Crippen LogP contribution in [-0.4, -0.2) is 41.4 Å². The zero-order chi connectivity index (χ0) is 12.1. The third-order valence-corrected chi connectivity index (χ3v) is 2.27. The van der Waals surface area contributed by atoms with Gasteiger partial charge in [-0.05, 0) is 0 Å². The third kappa shape index (κ3) is 3.23. The van der Waals surface area contributed by atoms with Crippen molar-refractivity contribution in [2.75, 3.05) is 31.7 Å². The summed E-state index contributed by atoms with van der Waals surface area (Å²) in [7, 11) is 3.41. The Kier molecular flexibility index (Phi) is 4.30. The molecule has 0 radical (unpaired) electrons. The van der Waals surface area contributed by atoms with Gasteiger partial charge in [0.15, 0.2) is 11.0 Å². The van der Waals surface area contributed by atoms with Crippen LogP contribution in [0.5, 0.6) is 0 Å². The van der Waals surface area contributed by atoms with Crippen molar-refractivity contribution in [1.82, 2.24) is 14.9 Å². The van der Waals surface area contributed by atoms with Crippen LogP contribution >= 0.6 is 11.6 Å². The number of amides is 1. The molecule has 0 aromatic carbocycles. The number of carbonyl (C=O) groups excluding carboxylic acids is 1. The van der Waals surface area contributed by atoms with Crippen LogP contribution in [0.3, 0.4) is 0 Å². The number of hydrogen-bond acceptors (Lipinski definition) is 5. The fraction of sp³-hybridized carbons (Fsp3) is 0.444. The summed E-state index contributed by atoms with van der Waals surface area (Å²) in [5.41, 5.74) is 5.94. The Hall–Kier alpha value is -1.56. The first-order chi connectivity index (χ1) is 7.52. The second-order valence-electron chi connectivity index (χ2n) is 3.39. The standard InChI is InChI=1S/C9H14ClN5O/c1-15(2)6(16)3-4-12-9-7(11)8(10)13-5-14-9/h5H,3-4,11H2,1-2H3,(H,12,13,14). The summed E-state index contributed by atoms with van der Waals surface area (Å²) in [6.07, 6.45) is 1.68. The predicted molar refractivity (Wildman–Crippen MR) is 63.3 cm³/mol. The van der Waals surface area contributed by atoms with Crippen molar-refractivity contribution < 1.29 is 4.79 Å². The van der Waals surface area contributed by atoms with Crippen LogP contribution in [-0.2, 0) is 4.79 Å². The lowest BCUT2D eigenvalue weighted by atomic mass is 10.3. The molecule has 1 aromatic heterocycles. The highest BCUT2D eigenvalue weighted by atomic mass is 35.5. The molecule has 0 aliphatic carbocycles. The topological polar surface area (TPSA) is 84.1 Å². The van der Waals surface area contributed by atoms with Gasteiger partial charge in [0.25, 0.3) is 0 Å². The van der Waals surface area contributed by atoms with Gasteiger partial charge in [0, 0.05) is 27.1 Å². The number of aromatic nitrogens is 2. The van der Waals surface area contributed by atoms with Crippen LogP contribution in [0.15, 0.2) is 6.33 Å². The first-order valence-corrected chi connectivity index (χ1v) is 5.10. The summed E-state index contributed by atoms with van der Waals surface area (Å²) >= 11 is 5.71. The monoisotopic (exact) mass is 243 g/mol. The van der Waals surface area contributed by atoms with E-state index in [0.29, 0.717) is 24.5 Å². The number of carbonyl (C=O) groups is 1. The van der Waals surface area contributed by atoms with E-state index in [4.69, 9.17) is 17.3 Å². The Balaban J connectivity index is 2.49. The van der Waals surface area contributed by atoms with Gasteiger partial charge in [-0.15, -0.1) is 0 Å². The van der Waals surface area contributed by atoms with Crippen molar-refractivity contribution in [3.8, 4) is 0 Å². The predicted octanol–water partition coefficient (Wildman–Crippen LogP) is 0.602. The normalized spacial score (nSPS) is 9.94. The molecular weight excluding hydrogens is 230 g/mol. The van der Waals surface area contributed by atoms with E-state index < -0.39 is 0 Å². The van der Waals surface area contributed by atoms with Gasteiger partial charge in [0.1, 0.15) is 12.0 Å². The first kappa shape index (κ1) is 12.5. The summed E-state index contributed by atoms with van der Waals surface area (Å²) in [5, 5.41) is 3.14.